The molecule has 0 atom stereocenters. The summed E-state index contributed by atoms with van der Waals surface area (Å²) in [5, 5.41) is 0. The Morgan fingerprint density at radius 2 is 1.04 bits per heavy atom. The van der Waals surface area contributed by atoms with E-state index in [0.717, 1.165) is 0 Å². The average molecular weight is 356 g/mol. The highest BCUT2D eigenvalue weighted by atomic mass is 17.2. The van der Waals surface area contributed by atoms with Crippen molar-refractivity contribution in [1.29, 1.82) is 0 Å². The van der Waals surface area contributed by atoms with Crippen LogP contribution in [0.5, 0.6) is 17.2 Å². The molecule has 6 nitrogen and oxygen atoms in total. The van der Waals surface area contributed by atoms with E-state index in [1.807, 2.05) is 47.6 Å². The van der Waals surface area contributed by atoms with E-state index < -0.39 is 0 Å². The molecule has 0 radical (unpaired) electrons. The van der Waals surface area contributed by atoms with Crippen LogP contribution >= 0.6 is 0 Å². The van der Waals surface area contributed by atoms with E-state index in [1.54, 1.807) is 12.1 Å². The van der Waals surface area contributed by atoms with Crippen molar-refractivity contribution in [3.8, 4) is 17.2 Å². The van der Waals surface area contributed by atoms with Crippen LogP contribution in [0, 0.1) is 0 Å². The maximum Gasteiger partial charge on any atom is 0.172 e. The van der Waals surface area contributed by atoms with Gasteiger partial charge in [-0.3, -0.25) is 0 Å². The summed E-state index contributed by atoms with van der Waals surface area (Å²) in [6.07, 6.45) is 0.308. The van der Waals surface area contributed by atoms with Crippen LogP contribution < -0.4 is 14.4 Å². The van der Waals surface area contributed by atoms with Gasteiger partial charge in [0.25, 0.3) is 0 Å². The molecule has 25 heavy (non-hydrogen) atoms. The highest BCUT2D eigenvalue weighted by molar-refractivity contribution is 5.41. The molecular formula is C19H32O6. The monoisotopic (exact) mass is 356 g/mol. The Balaban J connectivity index is 2.62. The molecule has 0 unspecified atom stereocenters. The molecule has 0 heterocycles. The number of ether oxygens (including phenoxy) is 4. The lowest BCUT2D eigenvalue weighted by Crippen LogP contribution is -2.12. The van der Waals surface area contributed by atoms with Gasteiger partial charge in [0, 0.05) is 18.2 Å². The van der Waals surface area contributed by atoms with Crippen LogP contribution in [-0.2, 0) is 14.4 Å². The number of hydrogen-bond donors (Lipinski definition) is 0. The van der Waals surface area contributed by atoms with Crippen molar-refractivity contribution in [2.75, 3.05) is 26.4 Å². The van der Waals surface area contributed by atoms with Crippen LogP contribution in [-0.4, -0.2) is 44.7 Å². The van der Waals surface area contributed by atoms with Crippen LogP contribution in [0.4, 0.5) is 0 Å². The molecule has 0 amide bonds. The van der Waals surface area contributed by atoms with Gasteiger partial charge in [0.05, 0.1) is 31.5 Å². The molecule has 1 aromatic rings. The third-order valence-electron chi connectivity index (χ3n) is 2.80. The number of benzene rings is 1. The molecule has 1 aromatic carbocycles. The van der Waals surface area contributed by atoms with Gasteiger partial charge in [-0.05, 0) is 41.5 Å². The molecular weight excluding hydrogens is 324 g/mol. The molecule has 0 fully saturated rings. The molecule has 0 saturated carbocycles. The molecule has 0 N–H and O–H groups in total. The van der Waals surface area contributed by atoms with Gasteiger partial charge in [-0.25, -0.2) is 0 Å². The Morgan fingerprint density at radius 3 is 1.44 bits per heavy atom. The standard InChI is InChI=1S/C19H32O6/c1-14(2)20-7-9-22-17-11-18(23-10-8-21-15(3)4)13-19(12-17)25-24-16(5)6/h11-16H,7-10H2,1-6H3. The van der Waals surface area contributed by atoms with Crippen LogP contribution in [0.25, 0.3) is 0 Å². The van der Waals surface area contributed by atoms with E-state index in [2.05, 4.69) is 0 Å². The lowest BCUT2D eigenvalue weighted by atomic mass is 10.3. The van der Waals surface area contributed by atoms with Crippen LogP contribution in [0.1, 0.15) is 41.5 Å². The zero-order valence-electron chi connectivity index (χ0n) is 16.2. The predicted molar refractivity (Wildman–Crippen MR) is 96.5 cm³/mol. The van der Waals surface area contributed by atoms with E-state index in [4.69, 9.17) is 28.7 Å². The first-order valence-corrected chi connectivity index (χ1v) is 8.84. The van der Waals surface area contributed by atoms with Gasteiger partial charge in [-0.1, -0.05) is 0 Å². The van der Waals surface area contributed by atoms with Crippen LogP contribution in [0.15, 0.2) is 18.2 Å². The van der Waals surface area contributed by atoms with Gasteiger partial charge in [0.2, 0.25) is 0 Å². The van der Waals surface area contributed by atoms with Crippen molar-refractivity contribution in [2.45, 2.75) is 59.9 Å². The molecule has 0 spiro atoms. The quantitative estimate of drug-likeness (QED) is 0.302. The lowest BCUT2D eigenvalue weighted by molar-refractivity contribution is -0.234. The van der Waals surface area contributed by atoms with Gasteiger partial charge in [0.1, 0.15) is 24.7 Å². The Hall–Kier alpha value is -1.50. The SMILES string of the molecule is CC(C)OCCOc1cc(OCCOC(C)C)cc(OOC(C)C)c1. The number of hydrogen-bond acceptors (Lipinski definition) is 6. The second kappa shape index (κ2) is 12.0. The first-order chi connectivity index (χ1) is 11.9. The maximum atomic E-state index is 5.72. The summed E-state index contributed by atoms with van der Waals surface area (Å²) in [5.74, 6) is 1.80. The Morgan fingerprint density at radius 1 is 0.600 bits per heavy atom. The molecule has 0 bridgehead atoms. The minimum atomic E-state index is -0.0483. The van der Waals surface area contributed by atoms with Crippen molar-refractivity contribution >= 4 is 0 Å². The molecule has 144 valence electrons. The van der Waals surface area contributed by atoms with E-state index in [1.165, 1.54) is 0 Å². The second-order valence-electron chi connectivity index (χ2n) is 6.40. The van der Waals surface area contributed by atoms with Crippen LogP contribution in [0.2, 0.25) is 0 Å². The van der Waals surface area contributed by atoms with Crippen molar-refractivity contribution in [3.05, 3.63) is 18.2 Å². The lowest BCUT2D eigenvalue weighted by Gasteiger charge is -2.14. The molecule has 6 heteroatoms. The summed E-state index contributed by atoms with van der Waals surface area (Å²) in [6.45, 7) is 13.7. The molecule has 0 aliphatic heterocycles. The topological polar surface area (TPSA) is 55.4 Å². The van der Waals surface area contributed by atoms with Gasteiger partial charge in [-0.15, -0.1) is 0 Å². The molecule has 1 rings (SSSR count). The first-order valence-electron chi connectivity index (χ1n) is 8.84. The summed E-state index contributed by atoms with van der Waals surface area (Å²) in [5.41, 5.74) is 0. The smallest absolute Gasteiger partial charge is 0.172 e. The highest BCUT2D eigenvalue weighted by Crippen LogP contribution is 2.28. The normalized spacial score (nSPS) is 11.4. The zero-order valence-corrected chi connectivity index (χ0v) is 16.2. The van der Waals surface area contributed by atoms with Crippen molar-refractivity contribution in [3.63, 3.8) is 0 Å². The van der Waals surface area contributed by atoms with E-state index >= 15 is 0 Å². The summed E-state index contributed by atoms with van der Waals surface area (Å²) in [7, 11) is 0. The van der Waals surface area contributed by atoms with Gasteiger partial charge in [0.15, 0.2) is 5.75 Å². The van der Waals surface area contributed by atoms with Crippen molar-refractivity contribution in [2.24, 2.45) is 0 Å². The second-order valence-corrected chi connectivity index (χ2v) is 6.40. The highest BCUT2D eigenvalue weighted by Gasteiger charge is 2.07. The Labute approximate surface area is 151 Å². The minimum absolute atomic E-state index is 0.0483. The third-order valence-corrected chi connectivity index (χ3v) is 2.80. The van der Waals surface area contributed by atoms with Gasteiger partial charge >= 0.3 is 0 Å². The number of rotatable bonds is 13. The Bertz CT molecular complexity index is 439. The van der Waals surface area contributed by atoms with E-state index in [-0.39, 0.29) is 18.3 Å². The largest absolute Gasteiger partial charge is 0.491 e. The fourth-order valence-electron chi connectivity index (χ4n) is 1.80. The summed E-state index contributed by atoms with van der Waals surface area (Å²) >= 11 is 0. The molecule has 0 aromatic heterocycles. The molecule has 0 aliphatic rings. The minimum Gasteiger partial charge on any atom is -0.491 e. The Kier molecular flexibility index (Phi) is 10.3. The summed E-state index contributed by atoms with van der Waals surface area (Å²) < 4.78 is 22.4. The third kappa shape index (κ3) is 10.9. The van der Waals surface area contributed by atoms with E-state index in [9.17, 15) is 0 Å². The fraction of sp³-hybridized carbons (Fsp3) is 0.684. The molecule has 0 aliphatic carbocycles. The van der Waals surface area contributed by atoms with Crippen molar-refractivity contribution in [1.82, 2.24) is 0 Å². The van der Waals surface area contributed by atoms with Crippen LogP contribution in [0.3, 0.4) is 0 Å². The average Bonchev–Trinajstić information content (AvgIpc) is 2.53. The zero-order chi connectivity index (χ0) is 18.7. The summed E-state index contributed by atoms with van der Waals surface area (Å²) in [4.78, 5) is 10.5. The predicted octanol–water partition coefficient (Wildman–Crippen LogP) is 4.01. The van der Waals surface area contributed by atoms with E-state index in [0.29, 0.717) is 43.7 Å². The molecule has 0 saturated heterocycles. The maximum absolute atomic E-state index is 5.72. The van der Waals surface area contributed by atoms with Crippen molar-refractivity contribution < 1.29 is 28.7 Å². The first kappa shape index (κ1) is 21.5. The summed E-state index contributed by atoms with van der Waals surface area (Å²) in [6, 6.07) is 5.33. The van der Waals surface area contributed by atoms with Gasteiger partial charge < -0.3 is 23.8 Å². The fourth-order valence-corrected chi connectivity index (χ4v) is 1.80. The van der Waals surface area contributed by atoms with Gasteiger partial charge in [-0.2, -0.15) is 4.89 Å².